The summed E-state index contributed by atoms with van der Waals surface area (Å²) < 4.78 is 8.99. The second kappa shape index (κ2) is 18.5. The lowest BCUT2D eigenvalue weighted by molar-refractivity contribution is -0.138. The Bertz CT molecular complexity index is 546. The first-order valence-corrected chi connectivity index (χ1v) is 8.44. The molecule has 0 unspecified atom stereocenters. The summed E-state index contributed by atoms with van der Waals surface area (Å²) in [5.74, 6) is -0.571. The van der Waals surface area contributed by atoms with E-state index in [-0.39, 0.29) is 11.9 Å². The zero-order chi connectivity index (χ0) is 20.2. The van der Waals surface area contributed by atoms with Crippen molar-refractivity contribution in [3.8, 4) is 0 Å². The minimum absolute atomic E-state index is 0.241. The summed E-state index contributed by atoms with van der Waals surface area (Å²) in [6, 6.07) is 8.02. The van der Waals surface area contributed by atoms with Crippen molar-refractivity contribution in [2.75, 3.05) is 6.61 Å². The molecule has 0 N–H and O–H groups in total. The molecule has 0 atom stereocenters. The third-order valence-electron chi connectivity index (χ3n) is 2.85. The molecule has 4 heteroatoms. The minimum Gasteiger partial charge on any atom is -0.463 e. The predicted molar refractivity (Wildman–Crippen MR) is 109 cm³/mol. The van der Waals surface area contributed by atoms with Crippen LogP contribution in [0.5, 0.6) is 0 Å². The lowest BCUT2D eigenvalue weighted by Gasteiger charge is -1.97. The zero-order valence-corrected chi connectivity index (χ0v) is 15.9. The number of esters is 2. The van der Waals surface area contributed by atoms with Crippen molar-refractivity contribution in [3.63, 3.8) is 0 Å². The molecule has 0 bridgehead atoms. The van der Waals surface area contributed by atoms with Crippen molar-refractivity contribution in [1.82, 2.24) is 0 Å². The third kappa shape index (κ3) is 14.7. The van der Waals surface area contributed by atoms with Crippen LogP contribution in [-0.4, -0.2) is 18.5 Å². The highest BCUT2D eigenvalue weighted by Gasteiger charge is 1.91. The maximum atomic E-state index is 10.3. The van der Waals surface area contributed by atoms with Gasteiger partial charge >= 0.3 is 11.9 Å². The molecule has 1 rings (SSSR count). The molecule has 0 aliphatic heterocycles. The van der Waals surface area contributed by atoms with Crippen molar-refractivity contribution >= 4 is 24.1 Å². The monoisotopic (exact) mass is 358 g/mol. The maximum absolute atomic E-state index is 10.3. The Morgan fingerprint density at radius 1 is 1.00 bits per heavy atom. The van der Waals surface area contributed by atoms with Gasteiger partial charge in [-0.25, -0.2) is 4.79 Å². The van der Waals surface area contributed by atoms with E-state index in [9.17, 15) is 9.59 Å². The number of unbranched alkanes of at least 4 members (excludes halogenated alkanes) is 1. The Hall–Kier alpha value is -2.88. The first-order chi connectivity index (χ1) is 12.5. The van der Waals surface area contributed by atoms with E-state index in [1.54, 1.807) is 6.92 Å². The third-order valence-corrected chi connectivity index (χ3v) is 2.85. The standard InChI is InChI=1S/C10H10.C7H12O2.C5H8O2/c1-3-9-7-5-6-8-10(9)4-2;1-3-5-6-9-7(8)4-2;1-3-5(6)7-4-2/h3-8H,1-2H2;4H,2-3,5-6H2,1H3;4H,2-3H2,1H3. The summed E-state index contributed by atoms with van der Waals surface area (Å²) in [7, 11) is 0. The fraction of sp³-hybridized carbons (Fsp3) is 0.273. The zero-order valence-electron chi connectivity index (χ0n) is 15.9. The van der Waals surface area contributed by atoms with Crippen LogP contribution in [0.1, 0.15) is 44.2 Å². The number of ether oxygens (including phenoxy) is 2. The number of hydrogen-bond acceptors (Lipinski definition) is 4. The molecule has 26 heavy (non-hydrogen) atoms. The van der Waals surface area contributed by atoms with E-state index in [2.05, 4.69) is 35.8 Å². The lowest BCUT2D eigenvalue weighted by atomic mass is 10.1. The number of rotatable bonds is 8. The van der Waals surface area contributed by atoms with E-state index in [1.165, 1.54) is 6.08 Å². The van der Waals surface area contributed by atoms with Gasteiger partial charge in [-0.3, -0.25) is 4.79 Å². The second-order valence-electron chi connectivity index (χ2n) is 4.77. The predicted octanol–water partition coefficient (Wildman–Crippen LogP) is 5.57. The average Bonchev–Trinajstić information content (AvgIpc) is 2.69. The summed E-state index contributed by atoms with van der Waals surface area (Å²) in [5, 5.41) is 0. The molecule has 0 fully saturated rings. The summed E-state index contributed by atoms with van der Waals surface area (Å²) in [6.07, 6.45) is 8.35. The molecule has 0 amide bonds. The van der Waals surface area contributed by atoms with E-state index in [4.69, 9.17) is 0 Å². The van der Waals surface area contributed by atoms with Gasteiger partial charge in [-0.1, -0.05) is 83.0 Å². The summed E-state index contributed by atoms with van der Waals surface area (Å²) in [6.45, 7) is 18.1. The van der Waals surface area contributed by atoms with Gasteiger partial charge < -0.3 is 9.47 Å². The highest BCUT2D eigenvalue weighted by molar-refractivity contribution is 5.81. The SMILES string of the molecule is C=CC(=O)OCCCC.C=COC(=O)CC.C=Cc1ccccc1C=C. The molecule has 0 saturated heterocycles. The molecule has 0 saturated carbocycles. The van der Waals surface area contributed by atoms with Gasteiger partial charge in [-0.15, -0.1) is 0 Å². The van der Waals surface area contributed by atoms with E-state index in [0.29, 0.717) is 13.0 Å². The average molecular weight is 358 g/mol. The van der Waals surface area contributed by atoms with Crippen LogP contribution in [0, 0.1) is 0 Å². The van der Waals surface area contributed by atoms with Crippen LogP contribution in [-0.2, 0) is 19.1 Å². The van der Waals surface area contributed by atoms with Crippen molar-refractivity contribution in [1.29, 1.82) is 0 Å². The van der Waals surface area contributed by atoms with Crippen LogP contribution in [0.15, 0.2) is 62.9 Å². The second-order valence-corrected chi connectivity index (χ2v) is 4.77. The van der Waals surface area contributed by atoms with E-state index >= 15 is 0 Å². The Balaban J connectivity index is 0. The van der Waals surface area contributed by atoms with Gasteiger partial charge in [0.15, 0.2) is 0 Å². The highest BCUT2D eigenvalue weighted by Crippen LogP contribution is 2.10. The van der Waals surface area contributed by atoms with Crippen molar-refractivity contribution < 1.29 is 19.1 Å². The van der Waals surface area contributed by atoms with Gasteiger partial charge in [0.25, 0.3) is 0 Å². The van der Waals surface area contributed by atoms with E-state index in [1.807, 2.05) is 43.3 Å². The maximum Gasteiger partial charge on any atom is 0.330 e. The molecular formula is C22H30O4. The smallest absolute Gasteiger partial charge is 0.330 e. The molecule has 1 aromatic rings. The van der Waals surface area contributed by atoms with E-state index in [0.717, 1.165) is 30.2 Å². The number of hydrogen-bond donors (Lipinski definition) is 0. The molecule has 0 spiro atoms. The normalized spacial score (nSPS) is 8.38. The Labute approximate surface area is 157 Å². The molecule has 0 radical (unpaired) electrons. The van der Waals surface area contributed by atoms with Gasteiger partial charge in [-0.2, -0.15) is 0 Å². The minimum atomic E-state index is -0.330. The van der Waals surface area contributed by atoms with Crippen LogP contribution >= 0.6 is 0 Å². The summed E-state index contributed by atoms with van der Waals surface area (Å²) >= 11 is 0. The Morgan fingerprint density at radius 2 is 1.54 bits per heavy atom. The van der Waals surface area contributed by atoms with Gasteiger partial charge in [0.1, 0.15) is 0 Å². The first kappa shape index (κ1) is 25.4. The molecule has 0 aliphatic rings. The van der Waals surface area contributed by atoms with Crippen LogP contribution in [0.4, 0.5) is 0 Å². The topological polar surface area (TPSA) is 52.6 Å². The van der Waals surface area contributed by atoms with Crippen LogP contribution in [0.2, 0.25) is 0 Å². The summed E-state index contributed by atoms with van der Waals surface area (Å²) in [5.41, 5.74) is 2.27. The first-order valence-electron chi connectivity index (χ1n) is 8.44. The highest BCUT2D eigenvalue weighted by atomic mass is 16.5. The van der Waals surface area contributed by atoms with Crippen molar-refractivity contribution in [2.24, 2.45) is 0 Å². The molecular weight excluding hydrogens is 328 g/mol. The molecule has 142 valence electrons. The van der Waals surface area contributed by atoms with Crippen LogP contribution in [0.25, 0.3) is 12.2 Å². The number of carbonyl (C=O) groups is 2. The van der Waals surface area contributed by atoms with Gasteiger partial charge in [0.05, 0.1) is 12.9 Å². The van der Waals surface area contributed by atoms with Crippen molar-refractivity contribution in [3.05, 3.63) is 74.0 Å². The quantitative estimate of drug-likeness (QED) is 0.264. The van der Waals surface area contributed by atoms with Crippen LogP contribution in [0.3, 0.4) is 0 Å². The van der Waals surface area contributed by atoms with Crippen LogP contribution < -0.4 is 0 Å². The number of carbonyl (C=O) groups excluding carboxylic acids is 2. The molecule has 1 aromatic carbocycles. The van der Waals surface area contributed by atoms with Gasteiger partial charge in [-0.05, 0) is 17.5 Å². The molecule has 4 nitrogen and oxygen atoms in total. The van der Waals surface area contributed by atoms with Gasteiger partial charge in [0.2, 0.25) is 0 Å². The van der Waals surface area contributed by atoms with Gasteiger partial charge in [0, 0.05) is 12.5 Å². The fourth-order valence-corrected chi connectivity index (χ4v) is 1.43. The molecule has 0 aliphatic carbocycles. The fourth-order valence-electron chi connectivity index (χ4n) is 1.43. The Kier molecular flexibility index (Phi) is 18.0. The largest absolute Gasteiger partial charge is 0.463 e. The molecule has 0 heterocycles. The lowest BCUT2D eigenvalue weighted by Crippen LogP contribution is -2.00. The Morgan fingerprint density at radius 3 is 1.85 bits per heavy atom. The number of benzene rings is 1. The van der Waals surface area contributed by atoms with Crippen molar-refractivity contribution in [2.45, 2.75) is 33.1 Å². The molecule has 0 aromatic heterocycles. The summed E-state index contributed by atoms with van der Waals surface area (Å²) in [4.78, 5) is 20.5. The van der Waals surface area contributed by atoms with E-state index < -0.39 is 0 Å².